The molecule has 3 aromatic carbocycles. The van der Waals surface area contributed by atoms with Crippen LogP contribution >= 0.6 is 0 Å². The van der Waals surface area contributed by atoms with E-state index in [0.29, 0.717) is 25.9 Å². The third-order valence-corrected chi connectivity index (χ3v) is 9.04. The van der Waals surface area contributed by atoms with E-state index in [1.54, 1.807) is 6.92 Å². The molecule has 11 nitrogen and oxygen atoms in total. The number of benzene rings is 3. The third kappa shape index (κ3) is 12.2. The molecule has 4 rings (SSSR count). The molecule has 0 aromatic heterocycles. The van der Waals surface area contributed by atoms with Crippen LogP contribution in [-0.2, 0) is 17.1 Å². The number of fused-ring (bicyclic) bond motifs is 1. The van der Waals surface area contributed by atoms with Crippen molar-refractivity contribution in [2.24, 2.45) is 5.92 Å². The van der Waals surface area contributed by atoms with E-state index < -0.39 is 66.1 Å². The quantitative estimate of drug-likeness (QED) is 0.178. The maximum atomic E-state index is 14.4. The molecule has 0 fully saturated rings. The Hall–Kier alpha value is -5.03. The lowest BCUT2D eigenvalue weighted by Gasteiger charge is -2.35. The fraction of sp³-hybridized carbons (Fsp3) is 0.447. The molecule has 4 N–H and O–H groups in total. The molecule has 1 aliphatic rings. The molecule has 4 atom stereocenters. The van der Waals surface area contributed by atoms with Crippen molar-refractivity contribution in [1.29, 1.82) is 0 Å². The Balaban J connectivity index is 1.54. The molecule has 3 aromatic rings. The average Bonchev–Trinajstić information content (AvgIpc) is 3.12. The largest absolute Gasteiger partial charge is 0.490 e. The number of nitrogens with zero attached hydrogens (tertiary/aromatic N) is 2. The first kappa shape index (κ1) is 42.7. The topological polar surface area (TPSA) is 132 Å². The number of aliphatic hydroxyl groups excluding tert-OH is 1. The summed E-state index contributed by atoms with van der Waals surface area (Å²) in [5.41, 5.74) is -1.20. The van der Waals surface area contributed by atoms with Gasteiger partial charge in [0, 0.05) is 49.7 Å². The SMILES string of the molecule is C[C@@H]1CN([C@H](C)CO)C(=O)c2cc(NC(=O)Nc3ccc(C(F)(F)F)cc3)ccc2O[C@@H](C)CCCCO[C@H]1CN(C)C(=O)Nc1ccc(C(F)(F)F)cc1. The number of carbonyl (C=O) groups is 3. The van der Waals surface area contributed by atoms with E-state index in [4.69, 9.17) is 9.47 Å². The second kappa shape index (κ2) is 18.5. The lowest BCUT2D eigenvalue weighted by Crippen LogP contribution is -2.48. The van der Waals surface area contributed by atoms with Crippen molar-refractivity contribution >= 4 is 35.0 Å². The lowest BCUT2D eigenvalue weighted by molar-refractivity contribution is -0.138. The molecule has 17 heteroatoms. The number of alkyl halides is 6. The van der Waals surface area contributed by atoms with E-state index >= 15 is 0 Å². The molecule has 0 bridgehead atoms. The van der Waals surface area contributed by atoms with Gasteiger partial charge in [0.15, 0.2) is 0 Å². The number of likely N-dealkylation sites (N-methyl/N-ethyl adjacent to an activating group) is 1. The Labute approximate surface area is 315 Å². The minimum absolute atomic E-state index is 0.0562. The molecular weight excluding hydrogens is 736 g/mol. The maximum Gasteiger partial charge on any atom is 0.416 e. The van der Waals surface area contributed by atoms with Gasteiger partial charge in [0.1, 0.15) is 5.75 Å². The van der Waals surface area contributed by atoms with Crippen LogP contribution in [0.2, 0.25) is 0 Å². The summed E-state index contributed by atoms with van der Waals surface area (Å²) in [6.45, 7) is 5.36. The summed E-state index contributed by atoms with van der Waals surface area (Å²) in [4.78, 5) is 43.1. The number of nitrogens with one attached hydrogen (secondary N) is 3. The van der Waals surface area contributed by atoms with Crippen LogP contribution in [0.1, 0.15) is 61.5 Å². The summed E-state index contributed by atoms with van der Waals surface area (Å²) in [5.74, 6) is -0.716. The molecule has 1 aliphatic heterocycles. The van der Waals surface area contributed by atoms with E-state index in [-0.39, 0.29) is 47.6 Å². The van der Waals surface area contributed by atoms with Crippen LogP contribution in [0, 0.1) is 5.92 Å². The van der Waals surface area contributed by atoms with Crippen molar-refractivity contribution in [1.82, 2.24) is 9.80 Å². The first-order valence-electron chi connectivity index (χ1n) is 17.6. The number of aliphatic hydroxyl groups is 1. The molecule has 0 radical (unpaired) electrons. The van der Waals surface area contributed by atoms with Crippen molar-refractivity contribution in [3.63, 3.8) is 0 Å². The molecule has 55 heavy (non-hydrogen) atoms. The summed E-state index contributed by atoms with van der Waals surface area (Å²) in [6.07, 6.45) is -8.06. The number of ether oxygens (including phenoxy) is 2. The normalized spacial score (nSPS) is 19.3. The van der Waals surface area contributed by atoms with Gasteiger partial charge in [-0.25, -0.2) is 9.59 Å². The zero-order valence-electron chi connectivity index (χ0n) is 30.8. The van der Waals surface area contributed by atoms with Crippen molar-refractivity contribution in [2.75, 3.05) is 49.3 Å². The van der Waals surface area contributed by atoms with Gasteiger partial charge in [-0.15, -0.1) is 0 Å². The van der Waals surface area contributed by atoms with Crippen molar-refractivity contribution in [3.05, 3.63) is 83.4 Å². The minimum Gasteiger partial charge on any atom is -0.490 e. The second-order valence-electron chi connectivity index (χ2n) is 13.6. The molecule has 0 unspecified atom stereocenters. The Morgan fingerprint density at radius 1 is 0.873 bits per heavy atom. The van der Waals surface area contributed by atoms with Gasteiger partial charge in [0.25, 0.3) is 5.91 Å². The summed E-state index contributed by atoms with van der Waals surface area (Å²) in [6, 6.07) is 10.3. The third-order valence-electron chi connectivity index (χ3n) is 9.04. The molecule has 0 saturated heterocycles. The molecule has 0 saturated carbocycles. The first-order valence-corrected chi connectivity index (χ1v) is 17.6. The van der Waals surface area contributed by atoms with Gasteiger partial charge >= 0.3 is 24.4 Å². The Bertz CT molecular complexity index is 1760. The van der Waals surface area contributed by atoms with Crippen LogP contribution in [0.4, 0.5) is 53.0 Å². The van der Waals surface area contributed by atoms with Crippen LogP contribution in [0.25, 0.3) is 0 Å². The van der Waals surface area contributed by atoms with Crippen LogP contribution in [0.15, 0.2) is 66.7 Å². The molecule has 0 spiro atoms. The average molecular weight is 782 g/mol. The molecule has 0 aliphatic carbocycles. The smallest absolute Gasteiger partial charge is 0.416 e. The van der Waals surface area contributed by atoms with Crippen LogP contribution < -0.4 is 20.7 Å². The number of anilines is 3. The van der Waals surface area contributed by atoms with Crippen molar-refractivity contribution in [2.45, 2.75) is 70.6 Å². The van der Waals surface area contributed by atoms with Crippen LogP contribution in [0.5, 0.6) is 5.75 Å². The highest BCUT2D eigenvalue weighted by Gasteiger charge is 2.33. The van der Waals surface area contributed by atoms with Gasteiger partial charge in [-0.1, -0.05) is 6.92 Å². The molecule has 1 heterocycles. The predicted octanol–water partition coefficient (Wildman–Crippen LogP) is 8.33. The Kier molecular flexibility index (Phi) is 14.4. The molecule has 300 valence electrons. The number of hydrogen-bond donors (Lipinski definition) is 4. The highest BCUT2D eigenvalue weighted by atomic mass is 19.4. The fourth-order valence-corrected chi connectivity index (χ4v) is 5.81. The van der Waals surface area contributed by atoms with Gasteiger partial charge < -0.3 is 40.3 Å². The number of urea groups is 2. The number of halogens is 6. The van der Waals surface area contributed by atoms with E-state index in [9.17, 15) is 45.8 Å². The summed E-state index contributed by atoms with van der Waals surface area (Å²) in [7, 11) is 1.51. The van der Waals surface area contributed by atoms with Gasteiger partial charge in [-0.3, -0.25) is 4.79 Å². The van der Waals surface area contributed by atoms with Gasteiger partial charge in [0.05, 0.1) is 41.5 Å². The van der Waals surface area contributed by atoms with E-state index in [1.165, 1.54) is 35.0 Å². The highest BCUT2D eigenvalue weighted by Crippen LogP contribution is 2.32. The van der Waals surface area contributed by atoms with Crippen LogP contribution in [-0.4, -0.2) is 84.5 Å². The maximum absolute atomic E-state index is 14.4. The Morgan fingerprint density at radius 2 is 1.42 bits per heavy atom. The van der Waals surface area contributed by atoms with Gasteiger partial charge in [-0.2, -0.15) is 26.3 Å². The fourth-order valence-electron chi connectivity index (χ4n) is 5.81. The van der Waals surface area contributed by atoms with E-state index in [0.717, 1.165) is 48.5 Å². The monoisotopic (exact) mass is 781 g/mol. The van der Waals surface area contributed by atoms with E-state index in [2.05, 4.69) is 16.0 Å². The number of carbonyl (C=O) groups excluding carboxylic acids is 3. The van der Waals surface area contributed by atoms with Gasteiger partial charge in [-0.05, 0) is 99.8 Å². The van der Waals surface area contributed by atoms with Gasteiger partial charge in [0.2, 0.25) is 0 Å². The summed E-state index contributed by atoms with van der Waals surface area (Å²) in [5, 5.41) is 17.8. The Morgan fingerprint density at radius 3 is 1.98 bits per heavy atom. The molecular formula is C38H45F6N5O6. The highest BCUT2D eigenvalue weighted by molar-refractivity contribution is 6.02. The number of rotatable bonds is 7. The molecule has 5 amide bonds. The number of amides is 5. The van der Waals surface area contributed by atoms with Crippen LogP contribution in [0.3, 0.4) is 0 Å². The van der Waals surface area contributed by atoms with Crippen molar-refractivity contribution in [3.8, 4) is 5.75 Å². The van der Waals surface area contributed by atoms with Crippen molar-refractivity contribution < 1.29 is 55.3 Å². The second-order valence-corrected chi connectivity index (χ2v) is 13.6. The zero-order valence-corrected chi connectivity index (χ0v) is 30.8. The number of hydrogen-bond acceptors (Lipinski definition) is 6. The summed E-state index contributed by atoms with van der Waals surface area (Å²) >= 11 is 0. The first-order chi connectivity index (χ1) is 25.8. The lowest BCUT2D eigenvalue weighted by atomic mass is 10.0. The van der Waals surface area contributed by atoms with E-state index in [1.807, 2.05) is 13.8 Å². The minimum atomic E-state index is -4.54. The zero-order chi connectivity index (χ0) is 40.5. The predicted molar refractivity (Wildman–Crippen MR) is 194 cm³/mol. The summed E-state index contributed by atoms with van der Waals surface area (Å²) < 4.78 is 90.4. The standard InChI is InChI=1S/C38H45F6N5O6/c1-23-20-49(24(2)22-50)34(51)31-19-30(46-35(52)45-28-12-8-26(9-13-28)37(39,40)41)16-17-32(31)55-25(3)7-5-6-18-54-33(23)21-48(4)36(53)47-29-14-10-27(11-15-29)38(42,43)44/h8-17,19,23-25,33,50H,5-7,18,20-22H2,1-4H3,(H,47,53)(H2,45,46,52)/t23-,24-,25+,33+/m1/s1.